The molecule has 2 aliphatic rings. The number of hydrogen-bond donors (Lipinski definition) is 0. The first kappa shape index (κ1) is 8.26. The first-order chi connectivity index (χ1) is 5.36. The molecule has 0 radical (unpaired) electrons. The molecule has 0 amide bonds. The minimum absolute atomic E-state index is 0.432. The minimum Gasteiger partial charge on any atom is -0.365 e. The summed E-state index contributed by atoms with van der Waals surface area (Å²) in [5.74, 6) is 0. The molecule has 2 atom stereocenters. The first-order valence-electron chi connectivity index (χ1n) is 4.36. The van der Waals surface area contributed by atoms with Crippen molar-refractivity contribution in [2.45, 2.75) is 29.4 Å². The van der Waals surface area contributed by atoms with E-state index < -0.39 is 0 Å². The van der Waals surface area contributed by atoms with E-state index in [1.165, 1.54) is 25.8 Å². The number of morpholine rings is 1. The van der Waals surface area contributed by atoms with Gasteiger partial charge in [0.1, 0.15) is 4.11 Å². The summed E-state index contributed by atoms with van der Waals surface area (Å²) in [4.78, 5) is 2.59. The lowest BCUT2D eigenvalue weighted by Gasteiger charge is -2.40. The van der Waals surface area contributed by atoms with Gasteiger partial charge in [0, 0.05) is 12.6 Å². The summed E-state index contributed by atoms with van der Waals surface area (Å²) in [5, 5.41) is 0. The maximum absolute atomic E-state index is 5.59. The van der Waals surface area contributed by atoms with Gasteiger partial charge in [-0.25, -0.2) is 0 Å². The molecule has 0 aliphatic carbocycles. The lowest BCUT2D eigenvalue weighted by molar-refractivity contribution is -0.0317. The van der Waals surface area contributed by atoms with Crippen molar-refractivity contribution < 1.29 is 4.74 Å². The maximum Gasteiger partial charge on any atom is 0.121 e. The number of ether oxygens (including phenoxy) is 1. The predicted molar refractivity (Wildman–Crippen MR) is 53.0 cm³/mol. The van der Waals surface area contributed by atoms with E-state index in [1.54, 1.807) is 0 Å². The molecule has 64 valence electrons. The molecular formula is C8H14INO. The van der Waals surface area contributed by atoms with Crippen molar-refractivity contribution in [3.05, 3.63) is 0 Å². The van der Waals surface area contributed by atoms with Crippen LogP contribution in [0.2, 0.25) is 0 Å². The van der Waals surface area contributed by atoms with Crippen molar-refractivity contribution in [2.24, 2.45) is 0 Å². The van der Waals surface area contributed by atoms with Gasteiger partial charge < -0.3 is 4.74 Å². The van der Waals surface area contributed by atoms with Gasteiger partial charge in [0.15, 0.2) is 0 Å². The Hall–Kier alpha value is 0.650. The molecule has 0 saturated carbocycles. The fraction of sp³-hybridized carbons (Fsp3) is 1.00. The Morgan fingerprint density at radius 1 is 1.36 bits per heavy atom. The molecule has 0 aromatic rings. The maximum atomic E-state index is 5.59. The highest BCUT2D eigenvalue weighted by Crippen LogP contribution is 2.23. The van der Waals surface area contributed by atoms with Crippen molar-refractivity contribution in [3.8, 4) is 0 Å². The standard InChI is InChI=1S/C8H14INO/c9-8-5-10-4-2-1-3-7(10)6-11-8/h7-8H,1-6H2. The molecule has 0 aromatic heterocycles. The zero-order valence-corrected chi connectivity index (χ0v) is 8.79. The van der Waals surface area contributed by atoms with Gasteiger partial charge in [0.2, 0.25) is 0 Å². The van der Waals surface area contributed by atoms with Crippen LogP contribution in [0.3, 0.4) is 0 Å². The van der Waals surface area contributed by atoms with Gasteiger partial charge in [-0.2, -0.15) is 0 Å². The van der Waals surface area contributed by atoms with Crippen molar-refractivity contribution in [1.82, 2.24) is 4.90 Å². The summed E-state index contributed by atoms with van der Waals surface area (Å²) in [6.07, 6.45) is 4.14. The van der Waals surface area contributed by atoms with Crippen LogP contribution in [-0.2, 0) is 4.74 Å². The topological polar surface area (TPSA) is 12.5 Å². The van der Waals surface area contributed by atoms with E-state index in [0.29, 0.717) is 4.11 Å². The van der Waals surface area contributed by atoms with E-state index in [2.05, 4.69) is 27.5 Å². The molecule has 2 saturated heterocycles. The third-order valence-electron chi connectivity index (χ3n) is 2.60. The zero-order valence-electron chi connectivity index (χ0n) is 6.63. The van der Waals surface area contributed by atoms with E-state index in [4.69, 9.17) is 4.74 Å². The lowest BCUT2D eigenvalue weighted by Crippen LogP contribution is -2.50. The second-order valence-electron chi connectivity index (χ2n) is 3.39. The number of rotatable bonds is 0. The molecule has 2 nitrogen and oxygen atoms in total. The largest absolute Gasteiger partial charge is 0.365 e. The van der Waals surface area contributed by atoms with Crippen molar-refractivity contribution in [1.29, 1.82) is 0 Å². The normalized spacial score (nSPS) is 40.1. The van der Waals surface area contributed by atoms with Crippen LogP contribution in [0.4, 0.5) is 0 Å². The Kier molecular flexibility index (Phi) is 2.69. The van der Waals surface area contributed by atoms with Gasteiger partial charge in [0.25, 0.3) is 0 Å². The summed E-state index contributed by atoms with van der Waals surface area (Å²) >= 11 is 2.38. The van der Waals surface area contributed by atoms with E-state index in [1.807, 2.05) is 0 Å². The third kappa shape index (κ3) is 1.87. The average molecular weight is 267 g/mol. The van der Waals surface area contributed by atoms with Gasteiger partial charge in [-0.15, -0.1) is 0 Å². The highest BCUT2D eigenvalue weighted by Gasteiger charge is 2.28. The Morgan fingerprint density at radius 2 is 2.27 bits per heavy atom. The molecule has 0 bridgehead atoms. The van der Waals surface area contributed by atoms with Crippen LogP contribution in [0.5, 0.6) is 0 Å². The number of halogens is 1. The molecule has 3 heteroatoms. The second kappa shape index (κ2) is 3.58. The van der Waals surface area contributed by atoms with Crippen molar-refractivity contribution in [3.63, 3.8) is 0 Å². The van der Waals surface area contributed by atoms with Gasteiger partial charge in [-0.1, -0.05) is 6.42 Å². The monoisotopic (exact) mass is 267 g/mol. The molecule has 2 aliphatic heterocycles. The molecule has 0 N–H and O–H groups in total. The smallest absolute Gasteiger partial charge is 0.121 e. The summed E-state index contributed by atoms with van der Waals surface area (Å²) in [6.45, 7) is 3.41. The number of fused-ring (bicyclic) bond motifs is 1. The van der Waals surface area contributed by atoms with Crippen LogP contribution in [0.15, 0.2) is 0 Å². The van der Waals surface area contributed by atoms with Crippen LogP contribution >= 0.6 is 22.6 Å². The SMILES string of the molecule is IC1CN2CCCCC2CO1. The zero-order chi connectivity index (χ0) is 7.68. The van der Waals surface area contributed by atoms with E-state index >= 15 is 0 Å². The number of hydrogen-bond acceptors (Lipinski definition) is 2. The van der Waals surface area contributed by atoms with Crippen molar-refractivity contribution in [2.75, 3.05) is 19.7 Å². The Balaban J connectivity index is 1.93. The van der Waals surface area contributed by atoms with Gasteiger partial charge >= 0.3 is 0 Å². The third-order valence-corrected chi connectivity index (χ3v) is 3.35. The second-order valence-corrected chi connectivity index (χ2v) is 4.78. The molecule has 11 heavy (non-hydrogen) atoms. The average Bonchev–Trinajstić information content (AvgIpc) is 2.04. The van der Waals surface area contributed by atoms with Crippen LogP contribution < -0.4 is 0 Å². The fourth-order valence-corrected chi connectivity index (χ4v) is 2.66. The number of piperidine rings is 1. The van der Waals surface area contributed by atoms with Gasteiger partial charge in [0.05, 0.1) is 6.61 Å². The quantitative estimate of drug-likeness (QED) is 0.488. The summed E-state index contributed by atoms with van der Waals surface area (Å²) < 4.78 is 6.02. The minimum atomic E-state index is 0.432. The van der Waals surface area contributed by atoms with Crippen LogP contribution in [0, 0.1) is 0 Å². The first-order valence-corrected chi connectivity index (χ1v) is 5.60. The summed E-state index contributed by atoms with van der Waals surface area (Å²) in [6, 6.07) is 0.745. The lowest BCUT2D eigenvalue weighted by atomic mass is 10.0. The molecule has 2 fully saturated rings. The molecule has 0 spiro atoms. The number of alkyl halides is 1. The van der Waals surface area contributed by atoms with Crippen LogP contribution in [-0.4, -0.2) is 34.7 Å². The molecule has 2 unspecified atom stereocenters. The van der Waals surface area contributed by atoms with Gasteiger partial charge in [-0.05, 0) is 42.0 Å². The Bertz CT molecular complexity index is 142. The summed E-state index contributed by atoms with van der Waals surface area (Å²) in [7, 11) is 0. The predicted octanol–water partition coefficient (Wildman–Crippen LogP) is 1.63. The molecule has 0 aromatic carbocycles. The van der Waals surface area contributed by atoms with E-state index in [0.717, 1.165) is 19.2 Å². The highest BCUT2D eigenvalue weighted by molar-refractivity contribution is 14.1. The number of nitrogens with zero attached hydrogens (tertiary/aromatic N) is 1. The molecule has 2 heterocycles. The van der Waals surface area contributed by atoms with Gasteiger partial charge in [-0.3, -0.25) is 4.90 Å². The van der Waals surface area contributed by atoms with Crippen LogP contribution in [0.25, 0.3) is 0 Å². The van der Waals surface area contributed by atoms with E-state index in [9.17, 15) is 0 Å². The molecule has 2 rings (SSSR count). The summed E-state index contributed by atoms with van der Waals surface area (Å²) in [5.41, 5.74) is 0. The van der Waals surface area contributed by atoms with Crippen LogP contribution in [0.1, 0.15) is 19.3 Å². The van der Waals surface area contributed by atoms with Crippen molar-refractivity contribution >= 4 is 22.6 Å². The van der Waals surface area contributed by atoms with E-state index in [-0.39, 0.29) is 0 Å². The Labute approximate surface area is 81.4 Å². The fourth-order valence-electron chi connectivity index (χ4n) is 1.94. The molecular weight excluding hydrogens is 253 g/mol. The Morgan fingerprint density at radius 3 is 3.18 bits per heavy atom. The highest BCUT2D eigenvalue weighted by atomic mass is 127.